The number of nitrogens with one attached hydrogen (secondary N) is 3. The first-order valence-electron chi connectivity index (χ1n) is 11.5. The highest BCUT2D eigenvalue weighted by molar-refractivity contribution is 5.94. The Morgan fingerprint density at radius 1 is 0.882 bits per heavy atom. The van der Waals surface area contributed by atoms with Crippen LogP contribution in [0, 0.1) is 11.8 Å². The molecule has 7 N–H and O–H groups in total. The molecule has 0 spiro atoms. The number of amides is 3. The Hall–Kier alpha value is -2.98. The molecule has 0 radical (unpaired) electrons. The molecule has 1 rings (SSSR count). The number of aliphatic hydroxyl groups excluding tert-OH is 1. The molecule has 0 aliphatic heterocycles. The van der Waals surface area contributed by atoms with Gasteiger partial charge in [-0.05, 0) is 24.3 Å². The number of carboxylic acids is 1. The highest BCUT2D eigenvalue weighted by atomic mass is 16.4. The van der Waals surface area contributed by atoms with Crippen LogP contribution in [0.1, 0.15) is 46.6 Å². The molecule has 34 heavy (non-hydrogen) atoms. The van der Waals surface area contributed by atoms with Gasteiger partial charge in [0.15, 0.2) is 6.04 Å². The Labute approximate surface area is 200 Å². The van der Waals surface area contributed by atoms with Crippen molar-refractivity contribution in [2.75, 3.05) is 0 Å². The van der Waals surface area contributed by atoms with Crippen molar-refractivity contribution in [2.24, 2.45) is 17.6 Å². The second-order valence-electron chi connectivity index (χ2n) is 8.96. The van der Waals surface area contributed by atoms with Gasteiger partial charge in [-0.25, -0.2) is 4.79 Å². The van der Waals surface area contributed by atoms with Gasteiger partial charge >= 0.3 is 5.97 Å². The molecule has 190 valence electrons. The molecule has 10 heteroatoms. The quantitative estimate of drug-likeness (QED) is 0.235. The minimum atomic E-state index is -1.54. The maximum atomic E-state index is 13.2. The van der Waals surface area contributed by atoms with Crippen LogP contribution in [0.3, 0.4) is 0 Å². The van der Waals surface area contributed by atoms with E-state index in [1.165, 1.54) is 6.92 Å². The SMILES string of the molecule is CCC(C)C(NC(=O)C(N)C(C)C)C(=O)NC(Cc1ccccc1)C(=O)NC(C(=O)O)C(C)O. The Bertz CT molecular complexity index is 830. The van der Waals surface area contributed by atoms with Gasteiger partial charge in [0, 0.05) is 6.42 Å². The minimum Gasteiger partial charge on any atom is -0.480 e. The van der Waals surface area contributed by atoms with Crippen molar-refractivity contribution in [1.29, 1.82) is 0 Å². The van der Waals surface area contributed by atoms with Gasteiger partial charge in [0.2, 0.25) is 17.7 Å². The summed E-state index contributed by atoms with van der Waals surface area (Å²) in [7, 11) is 0. The lowest BCUT2D eigenvalue weighted by atomic mass is 9.96. The van der Waals surface area contributed by atoms with Gasteiger partial charge in [-0.2, -0.15) is 0 Å². The number of nitrogens with two attached hydrogens (primary N) is 1. The van der Waals surface area contributed by atoms with E-state index in [-0.39, 0.29) is 18.3 Å². The van der Waals surface area contributed by atoms with E-state index < -0.39 is 54.0 Å². The highest BCUT2D eigenvalue weighted by Gasteiger charge is 2.33. The van der Waals surface area contributed by atoms with Crippen molar-refractivity contribution >= 4 is 23.7 Å². The van der Waals surface area contributed by atoms with Gasteiger partial charge in [-0.1, -0.05) is 64.4 Å². The van der Waals surface area contributed by atoms with Crippen molar-refractivity contribution in [3.8, 4) is 0 Å². The maximum Gasteiger partial charge on any atom is 0.328 e. The second-order valence-corrected chi connectivity index (χ2v) is 8.96. The van der Waals surface area contributed by atoms with E-state index >= 15 is 0 Å². The van der Waals surface area contributed by atoms with Crippen molar-refractivity contribution in [3.63, 3.8) is 0 Å². The number of carboxylic acid groups (broad SMARTS) is 1. The van der Waals surface area contributed by atoms with Gasteiger partial charge < -0.3 is 31.9 Å². The molecule has 0 heterocycles. The zero-order chi connectivity index (χ0) is 26.0. The van der Waals surface area contributed by atoms with Crippen LogP contribution in [0.2, 0.25) is 0 Å². The molecule has 0 aliphatic carbocycles. The fourth-order valence-corrected chi connectivity index (χ4v) is 3.22. The van der Waals surface area contributed by atoms with Gasteiger partial charge in [-0.15, -0.1) is 0 Å². The van der Waals surface area contributed by atoms with Crippen LogP contribution in [0.15, 0.2) is 30.3 Å². The Morgan fingerprint density at radius 3 is 1.91 bits per heavy atom. The fourth-order valence-electron chi connectivity index (χ4n) is 3.22. The average molecular weight is 479 g/mol. The largest absolute Gasteiger partial charge is 0.480 e. The van der Waals surface area contributed by atoms with Crippen molar-refractivity contribution in [3.05, 3.63) is 35.9 Å². The number of rotatable bonds is 13. The third kappa shape index (κ3) is 8.75. The third-order valence-corrected chi connectivity index (χ3v) is 5.78. The first-order valence-corrected chi connectivity index (χ1v) is 11.5. The van der Waals surface area contributed by atoms with E-state index in [0.717, 1.165) is 5.56 Å². The van der Waals surface area contributed by atoms with Crippen molar-refractivity contribution in [1.82, 2.24) is 16.0 Å². The van der Waals surface area contributed by atoms with Gasteiger partial charge in [0.25, 0.3) is 0 Å². The molecule has 1 aromatic rings. The van der Waals surface area contributed by atoms with E-state index in [4.69, 9.17) is 5.73 Å². The maximum absolute atomic E-state index is 13.2. The molecule has 0 aliphatic rings. The molecular weight excluding hydrogens is 440 g/mol. The van der Waals surface area contributed by atoms with E-state index in [1.807, 2.05) is 6.92 Å². The smallest absolute Gasteiger partial charge is 0.328 e. The monoisotopic (exact) mass is 478 g/mol. The van der Waals surface area contributed by atoms with E-state index in [1.54, 1.807) is 51.1 Å². The van der Waals surface area contributed by atoms with E-state index in [2.05, 4.69) is 16.0 Å². The number of carbonyl (C=O) groups excluding carboxylic acids is 3. The molecule has 0 saturated heterocycles. The number of carbonyl (C=O) groups is 4. The standard InChI is InChI=1S/C24H38N4O6/c1-6-14(4)19(27-22(31)18(25)13(2)3)23(32)26-17(12-16-10-8-7-9-11-16)21(30)28-20(15(5)29)24(33)34/h7-11,13-15,17-20,29H,6,12,25H2,1-5H3,(H,26,32)(H,27,31)(H,28,30)(H,33,34). The lowest BCUT2D eigenvalue weighted by molar-refractivity contribution is -0.145. The summed E-state index contributed by atoms with van der Waals surface area (Å²) in [5, 5.41) is 26.7. The summed E-state index contributed by atoms with van der Waals surface area (Å²) in [6.45, 7) is 8.50. The molecule has 6 atom stereocenters. The summed E-state index contributed by atoms with van der Waals surface area (Å²) in [5.41, 5.74) is 6.66. The van der Waals surface area contributed by atoms with Crippen LogP contribution in [-0.4, -0.2) is 64.2 Å². The van der Waals surface area contributed by atoms with E-state index in [0.29, 0.717) is 6.42 Å². The molecule has 0 bridgehead atoms. The zero-order valence-electron chi connectivity index (χ0n) is 20.4. The first kappa shape index (κ1) is 29.1. The van der Waals surface area contributed by atoms with Crippen LogP contribution in [0.25, 0.3) is 0 Å². The summed E-state index contributed by atoms with van der Waals surface area (Å²) in [6.07, 6.45) is -0.690. The zero-order valence-corrected chi connectivity index (χ0v) is 20.4. The van der Waals surface area contributed by atoms with Crippen LogP contribution in [0.4, 0.5) is 0 Å². The van der Waals surface area contributed by atoms with Gasteiger partial charge in [0.1, 0.15) is 12.1 Å². The lowest BCUT2D eigenvalue weighted by Gasteiger charge is -2.28. The van der Waals surface area contributed by atoms with Crippen molar-refractivity contribution < 1.29 is 29.4 Å². The van der Waals surface area contributed by atoms with Crippen LogP contribution in [-0.2, 0) is 25.6 Å². The van der Waals surface area contributed by atoms with Gasteiger partial charge in [-0.3, -0.25) is 14.4 Å². The molecule has 0 aromatic heterocycles. The molecule has 6 unspecified atom stereocenters. The fraction of sp³-hybridized carbons (Fsp3) is 0.583. The molecular formula is C24H38N4O6. The molecule has 0 fully saturated rings. The predicted octanol–water partition coefficient (Wildman–Crippen LogP) is 0.178. The van der Waals surface area contributed by atoms with Crippen LogP contribution < -0.4 is 21.7 Å². The average Bonchev–Trinajstić information content (AvgIpc) is 2.79. The van der Waals surface area contributed by atoms with Crippen LogP contribution >= 0.6 is 0 Å². The van der Waals surface area contributed by atoms with Gasteiger partial charge in [0.05, 0.1) is 12.1 Å². The molecule has 0 saturated carbocycles. The highest BCUT2D eigenvalue weighted by Crippen LogP contribution is 2.11. The van der Waals surface area contributed by atoms with Crippen LogP contribution in [0.5, 0.6) is 0 Å². The number of benzene rings is 1. The number of hydrogen-bond donors (Lipinski definition) is 6. The molecule has 10 nitrogen and oxygen atoms in total. The first-order chi connectivity index (χ1) is 15.9. The third-order valence-electron chi connectivity index (χ3n) is 5.78. The van der Waals surface area contributed by atoms with E-state index in [9.17, 15) is 29.4 Å². The summed E-state index contributed by atoms with van der Waals surface area (Å²) >= 11 is 0. The Kier molecular flexibility index (Phi) is 11.7. The second kappa shape index (κ2) is 13.7. The number of hydrogen-bond acceptors (Lipinski definition) is 6. The van der Waals surface area contributed by atoms with Crippen molar-refractivity contribution in [2.45, 2.75) is 77.7 Å². The molecule has 1 aromatic carbocycles. The Morgan fingerprint density at radius 2 is 1.44 bits per heavy atom. The summed E-state index contributed by atoms with van der Waals surface area (Å²) in [5.74, 6) is -3.61. The normalized spacial score (nSPS) is 16.5. The molecule has 3 amide bonds. The Balaban J connectivity index is 3.16. The summed E-state index contributed by atoms with van der Waals surface area (Å²) in [4.78, 5) is 50.2. The number of aliphatic carboxylic acids is 1. The predicted molar refractivity (Wildman–Crippen MR) is 128 cm³/mol. The summed E-state index contributed by atoms with van der Waals surface area (Å²) < 4.78 is 0. The minimum absolute atomic E-state index is 0.0806. The lowest BCUT2D eigenvalue weighted by Crippen LogP contribution is -2.60. The summed E-state index contributed by atoms with van der Waals surface area (Å²) in [6, 6.07) is 4.46. The topological polar surface area (TPSA) is 171 Å². The number of aliphatic hydroxyl groups is 1.